The second-order valence-electron chi connectivity index (χ2n) is 19.7. The third-order valence-electron chi connectivity index (χ3n) is 13.8. The second kappa shape index (κ2) is 38.6. The summed E-state index contributed by atoms with van der Waals surface area (Å²) in [6, 6.07) is -1.27. The van der Waals surface area contributed by atoms with Gasteiger partial charge in [-0.25, -0.2) is 0 Å². The summed E-state index contributed by atoms with van der Waals surface area (Å²) in [5, 5.41) is 108. The topological polar surface area (TPSA) is 268 Å². The average molecular weight is 966 g/mol. The Labute approximate surface area is 403 Å². The Morgan fingerprint density at radius 3 is 1.25 bits per heavy atom. The molecule has 0 spiro atoms. The molecule has 14 atom stereocenters. The van der Waals surface area contributed by atoms with E-state index in [4.69, 9.17) is 18.9 Å². The van der Waals surface area contributed by atoms with Gasteiger partial charge in [-0.15, -0.1) is 0 Å². The van der Waals surface area contributed by atoms with Crippen LogP contribution in [-0.2, 0) is 23.7 Å². The molecule has 0 aromatic heterocycles. The SMILES string of the molecule is CCCCCCCCCCCCCCCCCCC[C@@H](O)C(=O)N[C@@H](CO[C@@H]1O[C@H](CO[C@H]2O[C@H](CO)[C@H](O)[C@H](O)[C@H]2O)[C@@H](O)[C@H](O)[C@H]1O)[C@H](O)[C@H](O)CCCCCCCCCCCCCC. The fraction of sp³-hybridized carbons (Fsp3) is 0.980. The maximum Gasteiger partial charge on any atom is 0.249 e. The first-order valence-corrected chi connectivity index (χ1v) is 27.0. The zero-order chi connectivity index (χ0) is 49.2. The van der Waals surface area contributed by atoms with Crippen molar-refractivity contribution >= 4 is 5.91 Å². The highest BCUT2D eigenvalue weighted by Gasteiger charge is 2.48. The van der Waals surface area contributed by atoms with Crippen LogP contribution in [0.2, 0.25) is 0 Å². The molecule has 2 aliphatic heterocycles. The number of hydrogen-bond acceptors (Lipinski definition) is 15. The van der Waals surface area contributed by atoms with E-state index in [2.05, 4.69) is 19.2 Å². The van der Waals surface area contributed by atoms with Gasteiger partial charge in [-0.05, 0) is 12.8 Å². The van der Waals surface area contributed by atoms with Crippen LogP contribution in [0.15, 0.2) is 0 Å². The van der Waals surface area contributed by atoms with Crippen molar-refractivity contribution in [3.05, 3.63) is 0 Å². The maximum atomic E-state index is 13.3. The van der Waals surface area contributed by atoms with Gasteiger partial charge in [-0.2, -0.15) is 0 Å². The van der Waals surface area contributed by atoms with Crippen LogP contribution in [0.1, 0.15) is 213 Å². The largest absolute Gasteiger partial charge is 0.394 e. The molecule has 0 aliphatic carbocycles. The molecule has 67 heavy (non-hydrogen) atoms. The van der Waals surface area contributed by atoms with Crippen LogP contribution in [0.3, 0.4) is 0 Å². The van der Waals surface area contributed by atoms with E-state index < -0.39 is 111 Å². The molecule has 16 heteroatoms. The molecular formula is C51H99NO15. The maximum absolute atomic E-state index is 13.3. The molecule has 11 N–H and O–H groups in total. The second-order valence-corrected chi connectivity index (χ2v) is 19.7. The lowest BCUT2D eigenvalue weighted by Crippen LogP contribution is -2.62. The van der Waals surface area contributed by atoms with Gasteiger partial charge >= 0.3 is 0 Å². The number of aliphatic hydroxyl groups excluding tert-OH is 10. The van der Waals surface area contributed by atoms with Crippen molar-refractivity contribution in [3.8, 4) is 0 Å². The van der Waals surface area contributed by atoms with Crippen LogP contribution in [-0.4, -0.2) is 163 Å². The molecule has 2 fully saturated rings. The van der Waals surface area contributed by atoms with E-state index in [0.717, 1.165) is 44.9 Å². The number of rotatable bonds is 42. The zero-order valence-corrected chi connectivity index (χ0v) is 41.6. The summed E-state index contributed by atoms with van der Waals surface area (Å²) < 4.78 is 22.4. The van der Waals surface area contributed by atoms with Gasteiger partial charge in [-0.1, -0.05) is 200 Å². The Hall–Kier alpha value is -1.09. The average Bonchev–Trinajstić information content (AvgIpc) is 3.32. The zero-order valence-electron chi connectivity index (χ0n) is 41.6. The van der Waals surface area contributed by atoms with Crippen molar-refractivity contribution in [1.29, 1.82) is 0 Å². The number of ether oxygens (including phenoxy) is 4. The van der Waals surface area contributed by atoms with Gasteiger partial charge in [0.2, 0.25) is 5.91 Å². The smallest absolute Gasteiger partial charge is 0.249 e. The first kappa shape index (κ1) is 62.0. The number of nitrogens with one attached hydrogen (secondary N) is 1. The Morgan fingerprint density at radius 2 is 0.836 bits per heavy atom. The minimum atomic E-state index is -1.82. The lowest BCUT2D eigenvalue weighted by atomic mass is 9.98. The van der Waals surface area contributed by atoms with E-state index in [1.165, 1.54) is 128 Å². The van der Waals surface area contributed by atoms with Crippen LogP contribution in [0.25, 0.3) is 0 Å². The summed E-state index contributed by atoms with van der Waals surface area (Å²) in [6.45, 7) is 2.68. The van der Waals surface area contributed by atoms with Crippen LogP contribution in [0.4, 0.5) is 0 Å². The van der Waals surface area contributed by atoms with Gasteiger partial charge in [-0.3, -0.25) is 4.79 Å². The fourth-order valence-corrected chi connectivity index (χ4v) is 9.12. The lowest BCUT2D eigenvalue weighted by molar-refractivity contribution is -0.331. The Bertz CT molecular complexity index is 1170. The van der Waals surface area contributed by atoms with Crippen molar-refractivity contribution in [1.82, 2.24) is 5.32 Å². The number of amides is 1. The Morgan fingerprint density at radius 1 is 0.478 bits per heavy atom. The standard InChI is InChI=1S/C51H99NO15/c1-3-5-7-9-11-13-15-17-18-19-20-21-23-25-27-29-31-33-39(55)49(63)52-37(42(56)38(54)32-30-28-26-24-22-16-14-12-10-8-6-4-2)35-64-50-48(62)46(60)44(58)41(67-50)36-65-51-47(61)45(59)43(57)40(34-53)66-51/h37-48,50-51,53-62H,3-36H2,1-2H3,(H,52,63)/t37-,38+,39+,40+,41+,42-,43-,44+,45-,46-,47+,48+,50+,51-/m0/s1. The molecule has 0 radical (unpaired) electrons. The predicted octanol–water partition coefficient (Wildman–Crippen LogP) is 5.33. The minimum absolute atomic E-state index is 0.209. The highest BCUT2D eigenvalue weighted by atomic mass is 16.7. The monoisotopic (exact) mass is 966 g/mol. The summed E-state index contributed by atoms with van der Waals surface area (Å²) in [6.07, 6.45) is 14.3. The highest BCUT2D eigenvalue weighted by Crippen LogP contribution is 2.27. The van der Waals surface area contributed by atoms with Gasteiger partial charge in [0.05, 0.1) is 32.0 Å². The molecule has 398 valence electrons. The fourth-order valence-electron chi connectivity index (χ4n) is 9.12. The van der Waals surface area contributed by atoms with Gasteiger partial charge in [0.25, 0.3) is 0 Å². The van der Waals surface area contributed by atoms with Crippen molar-refractivity contribution in [2.45, 2.75) is 299 Å². The molecule has 2 rings (SSSR count). The van der Waals surface area contributed by atoms with Crippen molar-refractivity contribution < 1.29 is 74.8 Å². The third kappa shape index (κ3) is 25.7. The predicted molar refractivity (Wildman–Crippen MR) is 257 cm³/mol. The number of hydrogen-bond donors (Lipinski definition) is 11. The number of carbonyl (C=O) groups is 1. The van der Waals surface area contributed by atoms with Crippen LogP contribution in [0, 0.1) is 0 Å². The summed E-state index contributed by atoms with van der Waals surface area (Å²) >= 11 is 0. The molecular weight excluding hydrogens is 867 g/mol. The van der Waals surface area contributed by atoms with Crippen LogP contribution >= 0.6 is 0 Å². The van der Waals surface area contributed by atoms with Gasteiger partial charge in [0, 0.05) is 0 Å². The van der Waals surface area contributed by atoms with Crippen molar-refractivity contribution in [3.63, 3.8) is 0 Å². The summed E-state index contributed by atoms with van der Waals surface area (Å²) in [5.41, 5.74) is 0. The molecule has 2 aliphatic rings. The van der Waals surface area contributed by atoms with E-state index in [-0.39, 0.29) is 12.8 Å². The molecule has 0 unspecified atom stereocenters. The third-order valence-corrected chi connectivity index (χ3v) is 13.8. The van der Waals surface area contributed by atoms with E-state index in [1.807, 2.05) is 0 Å². The van der Waals surface area contributed by atoms with E-state index in [9.17, 15) is 55.9 Å². The van der Waals surface area contributed by atoms with Gasteiger partial charge in [0.15, 0.2) is 12.6 Å². The Balaban J connectivity index is 1.87. The molecule has 0 bridgehead atoms. The number of aliphatic hydroxyl groups is 10. The van der Waals surface area contributed by atoms with E-state index in [0.29, 0.717) is 12.8 Å². The quantitative estimate of drug-likeness (QED) is 0.0346. The molecule has 16 nitrogen and oxygen atoms in total. The molecule has 0 aromatic rings. The summed E-state index contributed by atoms with van der Waals surface area (Å²) in [4.78, 5) is 13.3. The van der Waals surface area contributed by atoms with Crippen LogP contribution < -0.4 is 5.32 Å². The van der Waals surface area contributed by atoms with E-state index in [1.54, 1.807) is 0 Å². The lowest BCUT2D eigenvalue weighted by Gasteiger charge is -2.43. The van der Waals surface area contributed by atoms with Gasteiger partial charge < -0.3 is 75.3 Å². The summed E-state index contributed by atoms with van der Waals surface area (Å²) in [5.74, 6) is -0.756. The van der Waals surface area contributed by atoms with Gasteiger partial charge in [0.1, 0.15) is 61.0 Å². The molecule has 1 amide bonds. The normalized spacial score (nSPS) is 27.5. The van der Waals surface area contributed by atoms with Crippen LogP contribution in [0.5, 0.6) is 0 Å². The first-order valence-electron chi connectivity index (χ1n) is 27.0. The molecule has 0 saturated carbocycles. The Kier molecular flexibility index (Phi) is 35.7. The van der Waals surface area contributed by atoms with Crippen molar-refractivity contribution in [2.75, 3.05) is 19.8 Å². The number of carbonyl (C=O) groups excluding carboxylic acids is 1. The summed E-state index contributed by atoms with van der Waals surface area (Å²) in [7, 11) is 0. The number of unbranched alkanes of at least 4 members (excludes halogenated alkanes) is 27. The minimum Gasteiger partial charge on any atom is -0.394 e. The van der Waals surface area contributed by atoms with E-state index >= 15 is 0 Å². The molecule has 0 aromatic carbocycles. The molecule has 2 heterocycles. The highest BCUT2D eigenvalue weighted by molar-refractivity contribution is 5.80. The first-order chi connectivity index (χ1) is 32.4. The molecule has 2 saturated heterocycles. The van der Waals surface area contributed by atoms with Crippen molar-refractivity contribution in [2.24, 2.45) is 0 Å².